The summed E-state index contributed by atoms with van der Waals surface area (Å²) in [5.41, 5.74) is 0. The van der Waals surface area contributed by atoms with E-state index >= 15 is 0 Å². The zero-order chi connectivity index (χ0) is 30.1. The highest BCUT2D eigenvalue weighted by Gasteiger charge is 2.28. The summed E-state index contributed by atoms with van der Waals surface area (Å²) in [5.74, 6) is -0.165. The summed E-state index contributed by atoms with van der Waals surface area (Å²) in [4.78, 5) is 22.7. The lowest BCUT2D eigenvalue weighted by atomic mass is 10.0. The summed E-state index contributed by atoms with van der Waals surface area (Å²) in [6.07, 6.45) is 22.5. The van der Waals surface area contributed by atoms with E-state index in [0.717, 1.165) is 44.9 Å². The Labute approximate surface area is 246 Å². The van der Waals surface area contributed by atoms with Crippen molar-refractivity contribution in [3.63, 3.8) is 0 Å². The van der Waals surface area contributed by atoms with Gasteiger partial charge >= 0.3 is 7.82 Å². The van der Waals surface area contributed by atoms with Crippen LogP contribution in [-0.2, 0) is 18.4 Å². The van der Waals surface area contributed by atoms with Crippen LogP contribution >= 0.6 is 7.82 Å². The lowest BCUT2D eigenvalue weighted by Gasteiger charge is -2.26. The number of phosphoric ester groups is 1. The van der Waals surface area contributed by atoms with Crippen LogP contribution in [0.4, 0.5) is 0 Å². The predicted molar refractivity (Wildman–Crippen MR) is 166 cm³/mol. The van der Waals surface area contributed by atoms with Crippen molar-refractivity contribution in [1.29, 1.82) is 0 Å². The molecule has 0 bridgehead atoms. The number of quaternary nitrogens is 1. The van der Waals surface area contributed by atoms with Crippen molar-refractivity contribution in [2.24, 2.45) is 0 Å². The summed E-state index contributed by atoms with van der Waals surface area (Å²) in [6, 6.07) is -0.766. The average molecular weight is 592 g/mol. The second kappa shape index (κ2) is 24.8. The molecule has 0 aromatic rings. The molecule has 8 nitrogen and oxygen atoms in total. The molecule has 0 aromatic carbocycles. The normalized spacial score (nSPS) is 15.3. The van der Waals surface area contributed by atoms with Gasteiger partial charge in [0.1, 0.15) is 13.2 Å². The highest BCUT2D eigenvalue weighted by molar-refractivity contribution is 7.47. The first-order valence-corrected chi connectivity index (χ1v) is 17.5. The van der Waals surface area contributed by atoms with Crippen LogP contribution in [0, 0.1) is 0 Å². The zero-order valence-electron chi connectivity index (χ0n) is 26.6. The summed E-state index contributed by atoms with van der Waals surface area (Å²) < 4.78 is 23.3. The largest absolute Gasteiger partial charge is 0.472 e. The Hall–Kier alpha value is -0.760. The van der Waals surface area contributed by atoms with E-state index in [4.69, 9.17) is 9.05 Å². The van der Waals surface area contributed by atoms with Crippen LogP contribution in [0.15, 0.2) is 12.2 Å². The molecule has 0 heterocycles. The molecule has 1 unspecified atom stereocenters. The number of phosphoric acid groups is 1. The van der Waals surface area contributed by atoms with Gasteiger partial charge < -0.3 is 19.8 Å². The lowest BCUT2D eigenvalue weighted by molar-refractivity contribution is -0.870. The number of carbonyl (C=O) groups is 1. The van der Waals surface area contributed by atoms with Gasteiger partial charge in [-0.15, -0.1) is 0 Å². The first kappa shape index (κ1) is 39.2. The molecular weight excluding hydrogens is 527 g/mol. The molecule has 3 N–H and O–H groups in total. The van der Waals surface area contributed by atoms with Gasteiger partial charge in [0.25, 0.3) is 0 Å². The number of nitrogens with one attached hydrogen (secondary N) is 1. The molecular formula is C31H64N2O6P+. The van der Waals surface area contributed by atoms with Crippen LogP contribution in [-0.4, -0.2) is 73.4 Å². The minimum absolute atomic E-state index is 0.0708. The molecule has 0 saturated carbocycles. The highest BCUT2D eigenvalue weighted by atomic mass is 31.2. The van der Waals surface area contributed by atoms with Gasteiger partial charge in [-0.25, -0.2) is 4.57 Å². The average Bonchev–Trinajstić information content (AvgIpc) is 2.88. The van der Waals surface area contributed by atoms with Gasteiger partial charge in [0, 0.05) is 6.42 Å². The van der Waals surface area contributed by atoms with Crippen LogP contribution in [0.2, 0.25) is 0 Å². The second-order valence-electron chi connectivity index (χ2n) is 12.2. The molecule has 0 aromatic heterocycles. The Kier molecular flexibility index (Phi) is 24.3. The van der Waals surface area contributed by atoms with E-state index in [-0.39, 0.29) is 19.1 Å². The van der Waals surface area contributed by atoms with Crippen molar-refractivity contribution in [3.05, 3.63) is 12.2 Å². The number of carbonyl (C=O) groups excluding carboxylic acids is 1. The summed E-state index contributed by atoms with van der Waals surface area (Å²) in [6.45, 7) is 4.76. The van der Waals surface area contributed by atoms with Crippen LogP contribution in [0.1, 0.15) is 129 Å². The third-order valence-corrected chi connectivity index (χ3v) is 8.00. The maximum Gasteiger partial charge on any atom is 0.472 e. The van der Waals surface area contributed by atoms with Crippen molar-refractivity contribution in [2.75, 3.05) is 40.9 Å². The van der Waals surface area contributed by atoms with E-state index in [0.29, 0.717) is 23.9 Å². The number of rotatable bonds is 28. The Bertz CT molecular complexity index is 683. The standard InChI is InChI=1S/C31H63N2O6P/c1-6-8-10-12-14-15-16-17-19-20-22-24-30(34)29(28-39-40(36,37)38-27-26-33(3,4)5)32-31(35)25-23-21-18-13-11-9-7-2/h16-17,29-30,34H,6-15,18-28H2,1-5H3,(H-,32,35,36,37)/p+1/b17-16+/t29-,30+/m0/s1. The number of allylic oxidation sites excluding steroid dienone is 2. The van der Waals surface area contributed by atoms with E-state index in [1.165, 1.54) is 57.8 Å². The van der Waals surface area contributed by atoms with Crippen LogP contribution in [0.5, 0.6) is 0 Å². The van der Waals surface area contributed by atoms with Crippen molar-refractivity contribution < 1.29 is 32.9 Å². The topological polar surface area (TPSA) is 105 Å². The second-order valence-corrected chi connectivity index (χ2v) is 13.6. The molecule has 40 heavy (non-hydrogen) atoms. The summed E-state index contributed by atoms with van der Waals surface area (Å²) in [5, 5.41) is 13.7. The van der Waals surface area contributed by atoms with Gasteiger partial charge in [0.05, 0.1) is 39.9 Å². The lowest BCUT2D eigenvalue weighted by Crippen LogP contribution is -2.46. The van der Waals surface area contributed by atoms with Crippen molar-refractivity contribution in [1.82, 2.24) is 5.32 Å². The van der Waals surface area contributed by atoms with Crippen molar-refractivity contribution in [2.45, 2.75) is 142 Å². The number of hydrogen-bond acceptors (Lipinski definition) is 5. The van der Waals surface area contributed by atoms with Gasteiger partial charge in [-0.2, -0.15) is 0 Å². The number of likely N-dealkylation sites (N-methyl/N-ethyl adjacent to an activating group) is 1. The molecule has 3 atom stereocenters. The minimum Gasteiger partial charge on any atom is -0.391 e. The third-order valence-electron chi connectivity index (χ3n) is 7.01. The molecule has 0 radical (unpaired) electrons. The third kappa shape index (κ3) is 26.2. The molecule has 0 rings (SSSR count). The van der Waals surface area contributed by atoms with Gasteiger partial charge in [0.2, 0.25) is 5.91 Å². The number of amides is 1. The fourth-order valence-electron chi connectivity index (χ4n) is 4.33. The van der Waals surface area contributed by atoms with Gasteiger partial charge in [-0.3, -0.25) is 13.8 Å². The van der Waals surface area contributed by atoms with E-state index in [9.17, 15) is 19.4 Å². The van der Waals surface area contributed by atoms with E-state index in [2.05, 4.69) is 31.3 Å². The maximum absolute atomic E-state index is 12.6. The number of unbranched alkanes of at least 4 members (excludes halogenated alkanes) is 13. The molecule has 0 spiro atoms. The molecule has 238 valence electrons. The fourth-order valence-corrected chi connectivity index (χ4v) is 5.07. The van der Waals surface area contributed by atoms with Gasteiger partial charge in [-0.1, -0.05) is 96.6 Å². The molecule has 0 aliphatic rings. The minimum atomic E-state index is -4.29. The first-order chi connectivity index (χ1) is 19.0. The predicted octanol–water partition coefficient (Wildman–Crippen LogP) is 7.29. The fraction of sp³-hybridized carbons (Fsp3) is 0.903. The molecule has 0 aliphatic heterocycles. The number of nitrogens with zero attached hydrogens (tertiary/aromatic N) is 1. The Morgan fingerprint density at radius 1 is 0.825 bits per heavy atom. The Balaban J connectivity index is 4.62. The maximum atomic E-state index is 12.6. The molecule has 0 aliphatic carbocycles. The number of hydrogen-bond donors (Lipinski definition) is 3. The van der Waals surface area contributed by atoms with E-state index < -0.39 is 20.0 Å². The number of aliphatic hydroxyl groups is 1. The van der Waals surface area contributed by atoms with Crippen LogP contribution < -0.4 is 5.32 Å². The van der Waals surface area contributed by atoms with Gasteiger partial charge in [-0.05, 0) is 38.5 Å². The quantitative estimate of drug-likeness (QED) is 0.0382. The molecule has 9 heteroatoms. The monoisotopic (exact) mass is 591 g/mol. The summed E-state index contributed by atoms with van der Waals surface area (Å²) in [7, 11) is 1.59. The first-order valence-electron chi connectivity index (χ1n) is 16.1. The Morgan fingerprint density at radius 2 is 1.35 bits per heavy atom. The van der Waals surface area contributed by atoms with E-state index in [1.807, 2.05) is 21.1 Å². The van der Waals surface area contributed by atoms with Gasteiger partial charge in [0.15, 0.2) is 0 Å². The molecule has 0 fully saturated rings. The molecule has 0 saturated heterocycles. The molecule has 1 amide bonds. The SMILES string of the molecule is CCCCCCC/C=C/CCCC[C@@H](O)[C@H](COP(=O)(O)OCC[N+](C)(C)C)NC(=O)CCCCCCCCC. The van der Waals surface area contributed by atoms with Crippen LogP contribution in [0.25, 0.3) is 0 Å². The van der Waals surface area contributed by atoms with Crippen LogP contribution in [0.3, 0.4) is 0 Å². The zero-order valence-corrected chi connectivity index (χ0v) is 27.5. The smallest absolute Gasteiger partial charge is 0.391 e. The van der Waals surface area contributed by atoms with Crippen molar-refractivity contribution in [3.8, 4) is 0 Å². The van der Waals surface area contributed by atoms with Crippen molar-refractivity contribution >= 4 is 13.7 Å². The number of aliphatic hydroxyl groups excluding tert-OH is 1. The summed E-state index contributed by atoms with van der Waals surface area (Å²) >= 11 is 0. The highest BCUT2D eigenvalue weighted by Crippen LogP contribution is 2.43. The Morgan fingerprint density at radius 3 is 1.93 bits per heavy atom. The van der Waals surface area contributed by atoms with E-state index in [1.54, 1.807) is 0 Å².